The van der Waals surface area contributed by atoms with Gasteiger partial charge in [-0.25, -0.2) is 0 Å². The molecule has 1 fully saturated rings. The molecule has 2 amide bonds. The number of hydrogen-bond donors (Lipinski definition) is 1. The highest BCUT2D eigenvalue weighted by Crippen LogP contribution is 2.27. The number of amides is 2. The minimum atomic E-state index is -0.698. The molecule has 37 heavy (non-hydrogen) atoms. The van der Waals surface area contributed by atoms with Crippen molar-refractivity contribution in [3.05, 3.63) is 102 Å². The number of nitrogens with zero attached hydrogens (tertiary/aromatic N) is 1. The van der Waals surface area contributed by atoms with Gasteiger partial charge in [0.05, 0.1) is 7.11 Å². The Morgan fingerprint density at radius 3 is 2.22 bits per heavy atom. The van der Waals surface area contributed by atoms with Gasteiger partial charge < -0.3 is 19.7 Å². The number of nitrogens with one attached hydrogen (secondary N) is 1. The third kappa shape index (κ3) is 7.67. The van der Waals surface area contributed by atoms with Crippen molar-refractivity contribution in [1.29, 1.82) is 0 Å². The van der Waals surface area contributed by atoms with Crippen molar-refractivity contribution in [2.75, 3.05) is 26.9 Å². The van der Waals surface area contributed by atoms with Crippen molar-refractivity contribution in [1.82, 2.24) is 10.2 Å². The first-order valence-corrected chi connectivity index (χ1v) is 13.0. The second-order valence-electron chi connectivity index (χ2n) is 9.47. The van der Waals surface area contributed by atoms with E-state index < -0.39 is 6.04 Å². The van der Waals surface area contributed by atoms with Crippen LogP contribution in [0.3, 0.4) is 0 Å². The van der Waals surface area contributed by atoms with Crippen LogP contribution in [0.2, 0.25) is 0 Å². The van der Waals surface area contributed by atoms with Crippen molar-refractivity contribution in [2.24, 2.45) is 5.92 Å². The average molecular weight is 501 g/mol. The first kappa shape index (κ1) is 26.4. The summed E-state index contributed by atoms with van der Waals surface area (Å²) in [6.45, 7) is 2.32. The van der Waals surface area contributed by atoms with E-state index in [0.717, 1.165) is 35.3 Å². The Kier molecular flexibility index (Phi) is 9.72. The zero-order chi connectivity index (χ0) is 25.9. The van der Waals surface area contributed by atoms with E-state index in [1.807, 2.05) is 84.9 Å². The number of rotatable bonds is 11. The van der Waals surface area contributed by atoms with Gasteiger partial charge in [-0.2, -0.15) is 0 Å². The largest absolute Gasteiger partial charge is 0.497 e. The van der Waals surface area contributed by atoms with Crippen LogP contribution < -0.4 is 10.1 Å². The summed E-state index contributed by atoms with van der Waals surface area (Å²) in [4.78, 5) is 29.3. The minimum absolute atomic E-state index is 0.0222. The molecule has 1 N–H and O–H groups in total. The number of aryl methyl sites for hydroxylation is 1. The third-order valence-corrected chi connectivity index (χ3v) is 6.89. The van der Waals surface area contributed by atoms with Gasteiger partial charge in [0.1, 0.15) is 11.8 Å². The molecule has 1 atom stereocenters. The predicted molar refractivity (Wildman–Crippen MR) is 144 cm³/mol. The summed E-state index contributed by atoms with van der Waals surface area (Å²) >= 11 is 0. The van der Waals surface area contributed by atoms with E-state index in [-0.39, 0.29) is 11.8 Å². The SMILES string of the molecule is COc1ccc(CCC(=O)N(CC2CCOCC2)C(C(=O)NCc2ccccc2)c2ccccc2)cc1. The monoisotopic (exact) mass is 500 g/mol. The van der Waals surface area contributed by atoms with Crippen LogP contribution >= 0.6 is 0 Å². The molecular formula is C31H36N2O4. The number of hydrogen-bond acceptors (Lipinski definition) is 4. The van der Waals surface area contributed by atoms with E-state index in [9.17, 15) is 9.59 Å². The van der Waals surface area contributed by atoms with Crippen LogP contribution in [0.1, 0.15) is 42.0 Å². The Labute approximate surface area is 219 Å². The first-order valence-electron chi connectivity index (χ1n) is 13.0. The maximum atomic E-state index is 13.8. The van der Waals surface area contributed by atoms with E-state index in [1.54, 1.807) is 12.0 Å². The highest BCUT2D eigenvalue weighted by atomic mass is 16.5. The molecule has 0 spiro atoms. The Morgan fingerprint density at radius 1 is 0.919 bits per heavy atom. The molecule has 3 aromatic carbocycles. The summed E-state index contributed by atoms with van der Waals surface area (Å²) in [5, 5.41) is 3.09. The smallest absolute Gasteiger partial charge is 0.247 e. The van der Waals surface area contributed by atoms with Crippen molar-refractivity contribution >= 4 is 11.8 Å². The maximum absolute atomic E-state index is 13.8. The van der Waals surface area contributed by atoms with Crippen molar-refractivity contribution in [3.63, 3.8) is 0 Å². The highest BCUT2D eigenvalue weighted by molar-refractivity contribution is 5.88. The van der Waals surface area contributed by atoms with Gasteiger partial charge in [0.2, 0.25) is 11.8 Å². The highest BCUT2D eigenvalue weighted by Gasteiger charge is 2.33. The molecule has 4 rings (SSSR count). The van der Waals surface area contributed by atoms with Crippen molar-refractivity contribution in [2.45, 2.75) is 38.3 Å². The lowest BCUT2D eigenvalue weighted by Gasteiger charge is -2.35. The van der Waals surface area contributed by atoms with Gasteiger partial charge in [-0.05, 0) is 54.0 Å². The molecule has 1 aliphatic rings. The third-order valence-electron chi connectivity index (χ3n) is 6.89. The van der Waals surface area contributed by atoms with Crippen LogP contribution in [0.15, 0.2) is 84.9 Å². The van der Waals surface area contributed by atoms with Gasteiger partial charge in [0, 0.05) is 32.7 Å². The molecule has 1 unspecified atom stereocenters. The Bertz CT molecular complexity index is 1110. The zero-order valence-corrected chi connectivity index (χ0v) is 21.5. The summed E-state index contributed by atoms with van der Waals surface area (Å²) in [6, 6.07) is 26.5. The topological polar surface area (TPSA) is 67.9 Å². The van der Waals surface area contributed by atoms with E-state index >= 15 is 0 Å². The molecule has 0 aromatic heterocycles. The zero-order valence-electron chi connectivity index (χ0n) is 21.5. The van der Waals surface area contributed by atoms with Gasteiger partial charge in [-0.1, -0.05) is 72.8 Å². The predicted octanol–water partition coefficient (Wildman–Crippen LogP) is 4.94. The molecule has 6 heteroatoms. The number of carbonyl (C=O) groups is 2. The maximum Gasteiger partial charge on any atom is 0.247 e. The van der Waals surface area contributed by atoms with Crippen LogP contribution in [-0.4, -0.2) is 43.6 Å². The summed E-state index contributed by atoms with van der Waals surface area (Å²) in [5.41, 5.74) is 2.90. The molecule has 0 bridgehead atoms. The molecule has 1 heterocycles. The van der Waals surface area contributed by atoms with Crippen molar-refractivity contribution in [3.8, 4) is 5.75 Å². The summed E-state index contributed by atoms with van der Waals surface area (Å²) in [5.74, 6) is 0.896. The molecular weight excluding hydrogens is 464 g/mol. The second kappa shape index (κ2) is 13.6. The molecule has 1 aliphatic heterocycles. The number of benzene rings is 3. The quantitative estimate of drug-likeness (QED) is 0.405. The van der Waals surface area contributed by atoms with Crippen LogP contribution in [0.5, 0.6) is 5.75 Å². The lowest BCUT2D eigenvalue weighted by molar-refractivity contribution is -0.142. The second-order valence-corrected chi connectivity index (χ2v) is 9.47. The lowest BCUT2D eigenvalue weighted by Crippen LogP contribution is -2.46. The molecule has 3 aromatic rings. The van der Waals surface area contributed by atoms with Crippen LogP contribution in [0, 0.1) is 5.92 Å². The lowest BCUT2D eigenvalue weighted by atomic mass is 9.96. The van der Waals surface area contributed by atoms with Crippen LogP contribution in [0.25, 0.3) is 0 Å². The number of methoxy groups -OCH3 is 1. The fourth-order valence-electron chi connectivity index (χ4n) is 4.74. The molecule has 0 saturated carbocycles. The number of carbonyl (C=O) groups excluding carboxylic acids is 2. The summed E-state index contributed by atoms with van der Waals surface area (Å²) in [6.07, 6.45) is 2.69. The molecule has 0 aliphatic carbocycles. The fourth-order valence-corrected chi connectivity index (χ4v) is 4.74. The fraction of sp³-hybridized carbons (Fsp3) is 0.355. The standard InChI is InChI=1S/C31H36N2O4/c1-36-28-15-12-24(13-16-28)14-17-29(34)33(23-26-18-20-37-21-19-26)30(27-10-6-3-7-11-27)31(35)32-22-25-8-4-2-5-9-25/h2-13,15-16,26,30H,14,17-23H2,1H3,(H,32,35). The summed E-state index contributed by atoms with van der Waals surface area (Å²) in [7, 11) is 1.64. The minimum Gasteiger partial charge on any atom is -0.497 e. The van der Waals surface area contributed by atoms with Gasteiger partial charge in [-0.15, -0.1) is 0 Å². The Hall–Kier alpha value is -3.64. The average Bonchev–Trinajstić information content (AvgIpc) is 2.96. The Morgan fingerprint density at radius 2 is 1.57 bits per heavy atom. The van der Waals surface area contributed by atoms with Crippen LogP contribution in [0.4, 0.5) is 0 Å². The van der Waals surface area contributed by atoms with Gasteiger partial charge >= 0.3 is 0 Å². The van der Waals surface area contributed by atoms with Gasteiger partial charge in [0.15, 0.2) is 0 Å². The van der Waals surface area contributed by atoms with E-state index in [4.69, 9.17) is 9.47 Å². The van der Waals surface area contributed by atoms with E-state index in [1.165, 1.54) is 0 Å². The summed E-state index contributed by atoms with van der Waals surface area (Å²) < 4.78 is 10.8. The normalized spacial score (nSPS) is 14.5. The van der Waals surface area contributed by atoms with Gasteiger partial charge in [-0.3, -0.25) is 9.59 Å². The van der Waals surface area contributed by atoms with E-state index in [2.05, 4.69) is 5.32 Å². The molecule has 0 radical (unpaired) electrons. The van der Waals surface area contributed by atoms with E-state index in [0.29, 0.717) is 45.1 Å². The molecule has 6 nitrogen and oxygen atoms in total. The molecule has 194 valence electrons. The Balaban J connectivity index is 1.56. The first-order chi connectivity index (χ1) is 18.1. The van der Waals surface area contributed by atoms with Gasteiger partial charge in [0.25, 0.3) is 0 Å². The molecule has 1 saturated heterocycles. The van der Waals surface area contributed by atoms with Crippen LogP contribution in [-0.2, 0) is 27.3 Å². The van der Waals surface area contributed by atoms with Crippen molar-refractivity contribution < 1.29 is 19.1 Å². The number of ether oxygens (including phenoxy) is 2.